The van der Waals surface area contributed by atoms with Crippen LogP contribution in [0.3, 0.4) is 0 Å². The maximum atomic E-state index is 12.6. The number of rotatable bonds is 3. The van der Waals surface area contributed by atoms with Gasteiger partial charge in [-0.3, -0.25) is 4.72 Å². The number of nitrogens with one attached hydrogen (secondary N) is 2. The smallest absolute Gasteiger partial charge is 0.264 e. The largest absolute Gasteiger partial charge is 0.359 e. The van der Waals surface area contributed by atoms with Crippen LogP contribution < -0.4 is 4.72 Å². The Balaban J connectivity index is 1.77. The molecule has 0 aliphatic carbocycles. The van der Waals surface area contributed by atoms with Crippen molar-refractivity contribution in [3.05, 3.63) is 48.2 Å². The molecule has 116 valence electrons. The summed E-state index contributed by atoms with van der Waals surface area (Å²) in [6.45, 7) is 1.95. The highest BCUT2D eigenvalue weighted by molar-refractivity contribution is 7.93. The lowest BCUT2D eigenvalue weighted by Gasteiger charge is -2.08. The average molecular weight is 328 g/mol. The topological polar surface area (TPSA) is 101 Å². The molecule has 2 heterocycles. The van der Waals surface area contributed by atoms with E-state index in [1.165, 1.54) is 6.07 Å². The third kappa shape index (κ3) is 2.33. The van der Waals surface area contributed by atoms with Crippen LogP contribution in [-0.2, 0) is 10.0 Å². The van der Waals surface area contributed by atoms with Gasteiger partial charge in [0.05, 0.1) is 0 Å². The Kier molecular flexibility index (Phi) is 2.88. The first kappa shape index (κ1) is 13.8. The Bertz CT molecular complexity index is 1130. The van der Waals surface area contributed by atoms with Gasteiger partial charge in [-0.1, -0.05) is 6.07 Å². The summed E-state index contributed by atoms with van der Waals surface area (Å²) in [6.07, 6.45) is 0. The molecule has 0 radical (unpaired) electrons. The molecule has 4 rings (SSSR count). The lowest BCUT2D eigenvalue weighted by atomic mass is 10.2. The molecule has 0 unspecified atom stereocenters. The van der Waals surface area contributed by atoms with E-state index >= 15 is 0 Å². The van der Waals surface area contributed by atoms with E-state index in [4.69, 9.17) is 0 Å². The number of aromatic amines is 1. The summed E-state index contributed by atoms with van der Waals surface area (Å²) < 4.78 is 32.4. The van der Waals surface area contributed by atoms with Crippen LogP contribution in [0, 0.1) is 6.92 Å². The Labute approximate surface area is 131 Å². The maximum Gasteiger partial charge on any atom is 0.264 e. The predicted octanol–water partition coefficient (Wildman–Crippen LogP) is 2.81. The van der Waals surface area contributed by atoms with Gasteiger partial charge in [0.1, 0.15) is 10.4 Å². The number of aromatic nitrogens is 3. The molecule has 0 aliphatic heterocycles. The number of hydrogen-bond acceptors (Lipinski definition) is 5. The Morgan fingerprint density at radius 3 is 2.87 bits per heavy atom. The molecule has 0 bridgehead atoms. The second-order valence-electron chi connectivity index (χ2n) is 5.25. The first-order chi connectivity index (χ1) is 11.0. The van der Waals surface area contributed by atoms with E-state index < -0.39 is 10.0 Å². The highest BCUT2D eigenvalue weighted by atomic mass is 32.2. The van der Waals surface area contributed by atoms with Crippen molar-refractivity contribution in [3.8, 4) is 0 Å². The molecule has 4 aromatic rings. The van der Waals surface area contributed by atoms with E-state index in [0.717, 1.165) is 16.6 Å². The zero-order valence-corrected chi connectivity index (χ0v) is 12.9. The molecule has 23 heavy (non-hydrogen) atoms. The van der Waals surface area contributed by atoms with Crippen LogP contribution in [0.15, 0.2) is 52.0 Å². The molecule has 8 heteroatoms. The molecule has 0 aliphatic rings. The standard InChI is InChI=1S/C15H12N4O3S/c1-9-7-10-8-11(5-6-12(10)16-9)19-23(20,21)14-4-2-3-13-15(14)18-22-17-13/h2-8,16,19H,1H3. The van der Waals surface area contributed by atoms with Gasteiger partial charge < -0.3 is 4.98 Å². The van der Waals surface area contributed by atoms with Gasteiger partial charge in [0.15, 0.2) is 5.52 Å². The van der Waals surface area contributed by atoms with Crippen LogP contribution in [0.1, 0.15) is 5.69 Å². The lowest BCUT2D eigenvalue weighted by Crippen LogP contribution is -2.13. The summed E-state index contributed by atoms with van der Waals surface area (Å²) in [4.78, 5) is 3.22. The molecule has 0 fully saturated rings. The molecule has 0 saturated heterocycles. The molecule has 0 saturated carbocycles. The van der Waals surface area contributed by atoms with Crippen LogP contribution in [0.4, 0.5) is 5.69 Å². The van der Waals surface area contributed by atoms with Crippen molar-refractivity contribution < 1.29 is 13.0 Å². The van der Waals surface area contributed by atoms with Gasteiger partial charge in [-0.2, -0.15) is 0 Å². The van der Waals surface area contributed by atoms with Gasteiger partial charge in [-0.25, -0.2) is 13.0 Å². The summed E-state index contributed by atoms with van der Waals surface area (Å²) in [5.41, 5.74) is 3.04. The first-order valence-corrected chi connectivity index (χ1v) is 8.35. The number of sulfonamides is 1. The van der Waals surface area contributed by atoms with Crippen molar-refractivity contribution in [1.29, 1.82) is 0 Å². The fourth-order valence-corrected chi connectivity index (χ4v) is 3.75. The van der Waals surface area contributed by atoms with E-state index in [1.807, 2.05) is 19.1 Å². The number of fused-ring (bicyclic) bond motifs is 2. The Morgan fingerprint density at radius 2 is 2.00 bits per heavy atom. The second-order valence-corrected chi connectivity index (χ2v) is 6.90. The third-order valence-corrected chi connectivity index (χ3v) is 4.96. The lowest BCUT2D eigenvalue weighted by molar-refractivity contribution is 0.315. The Hall–Kier alpha value is -2.87. The van der Waals surface area contributed by atoms with Crippen LogP contribution in [0.2, 0.25) is 0 Å². The first-order valence-electron chi connectivity index (χ1n) is 6.86. The monoisotopic (exact) mass is 328 g/mol. The van der Waals surface area contributed by atoms with E-state index in [9.17, 15) is 8.42 Å². The summed E-state index contributed by atoms with van der Waals surface area (Å²) in [5, 5.41) is 8.26. The summed E-state index contributed by atoms with van der Waals surface area (Å²) >= 11 is 0. The second kappa shape index (κ2) is 4.82. The summed E-state index contributed by atoms with van der Waals surface area (Å²) in [5.74, 6) is 0. The summed E-state index contributed by atoms with van der Waals surface area (Å²) in [7, 11) is -3.79. The minimum absolute atomic E-state index is 0.0293. The fraction of sp³-hybridized carbons (Fsp3) is 0.0667. The van der Waals surface area contributed by atoms with Gasteiger partial charge in [0.25, 0.3) is 10.0 Å². The zero-order chi connectivity index (χ0) is 16.0. The van der Waals surface area contributed by atoms with Crippen molar-refractivity contribution in [2.45, 2.75) is 11.8 Å². The quantitative estimate of drug-likeness (QED) is 0.602. The van der Waals surface area contributed by atoms with Crippen molar-refractivity contribution in [2.24, 2.45) is 0 Å². The van der Waals surface area contributed by atoms with Crippen LogP contribution in [-0.4, -0.2) is 23.7 Å². The minimum Gasteiger partial charge on any atom is -0.359 e. The molecule has 0 atom stereocenters. The molecule has 0 spiro atoms. The van der Waals surface area contributed by atoms with E-state index in [2.05, 4.69) is 24.6 Å². The zero-order valence-electron chi connectivity index (χ0n) is 12.1. The fourth-order valence-electron chi connectivity index (χ4n) is 2.55. The minimum atomic E-state index is -3.79. The SMILES string of the molecule is Cc1cc2cc(NS(=O)(=O)c3cccc4nonc34)ccc2[nH]1. The van der Waals surface area contributed by atoms with Gasteiger partial charge in [0.2, 0.25) is 0 Å². The van der Waals surface area contributed by atoms with E-state index in [1.54, 1.807) is 24.3 Å². The number of hydrogen-bond donors (Lipinski definition) is 2. The number of nitrogens with zero attached hydrogens (tertiary/aromatic N) is 2. The highest BCUT2D eigenvalue weighted by Gasteiger charge is 2.20. The number of H-pyrrole nitrogens is 1. The molecule has 2 aromatic carbocycles. The van der Waals surface area contributed by atoms with Gasteiger partial charge >= 0.3 is 0 Å². The van der Waals surface area contributed by atoms with Gasteiger partial charge in [-0.05, 0) is 53.6 Å². The van der Waals surface area contributed by atoms with Gasteiger partial charge in [-0.15, -0.1) is 0 Å². The van der Waals surface area contributed by atoms with Crippen molar-refractivity contribution in [3.63, 3.8) is 0 Å². The van der Waals surface area contributed by atoms with Crippen LogP contribution >= 0.6 is 0 Å². The number of benzene rings is 2. The van der Waals surface area contributed by atoms with Crippen molar-refractivity contribution in [1.82, 2.24) is 15.3 Å². The molecular weight excluding hydrogens is 316 g/mol. The van der Waals surface area contributed by atoms with Crippen molar-refractivity contribution >= 4 is 37.6 Å². The summed E-state index contributed by atoms with van der Waals surface area (Å²) in [6, 6.07) is 12.0. The average Bonchev–Trinajstić information content (AvgIpc) is 3.10. The number of aryl methyl sites for hydroxylation is 1. The van der Waals surface area contributed by atoms with Crippen molar-refractivity contribution in [2.75, 3.05) is 4.72 Å². The molecule has 2 N–H and O–H groups in total. The van der Waals surface area contributed by atoms with Crippen LogP contribution in [0.5, 0.6) is 0 Å². The van der Waals surface area contributed by atoms with E-state index in [-0.39, 0.29) is 10.4 Å². The van der Waals surface area contributed by atoms with E-state index in [0.29, 0.717) is 11.2 Å². The Morgan fingerprint density at radius 1 is 1.13 bits per heavy atom. The van der Waals surface area contributed by atoms with Gasteiger partial charge in [0, 0.05) is 22.3 Å². The third-order valence-electron chi connectivity index (χ3n) is 3.55. The number of anilines is 1. The molecule has 0 amide bonds. The molecular formula is C15H12N4O3S. The predicted molar refractivity (Wildman–Crippen MR) is 85.6 cm³/mol. The van der Waals surface area contributed by atoms with Crippen LogP contribution in [0.25, 0.3) is 21.9 Å². The maximum absolute atomic E-state index is 12.6. The molecule has 2 aromatic heterocycles. The molecule has 7 nitrogen and oxygen atoms in total. The normalized spacial score (nSPS) is 12.0. The highest BCUT2D eigenvalue weighted by Crippen LogP contribution is 2.25.